The minimum atomic E-state index is -0.0655. The summed E-state index contributed by atoms with van der Waals surface area (Å²) in [6.45, 7) is -0.0655. The Morgan fingerprint density at radius 3 is 1.87 bits per heavy atom. The molecule has 0 unspecified atom stereocenters. The van der Waals surface area contributed by atoms with E-state index in [1.807, 2.05) is 48.5 Å². The Bertz CT molecular complexity index is 714. The number of thiazole rings is 1. The van der Waals surface area contributed by atoms with Gasteiger partial charge in [0, 0.05) is 5.56 Å². The second kappa shape index (κ2) is 6.81. The maximum Gasteiger partial charge on any atom is 0.119 e. The molecule has 0 aliphatic carbocycles. The van der Waals surface area contributed by atoms with Crippen molar-refractivity contribution in [1.29, 1.82) is 0 Å². The zero-order chi connectivity index (χ0) is 16.2. The molecule has 3 rings (SSSR count). The molecule has 0 saturated heterocycles. The number of ether oxygens (including phenoxy) is 2. The fraction of sp³-hybridized carbons (Fsp3) is 0.167. The maximum absolute atomic E-state index is 9.44. The Balaban J connectivity index is 2.06. The summed E-state index contributed by atoms with van der Waals surface area (Å²) in [5.41, 5.74) is 2.91. The van der Waals surface area contributed by atoms with Crippen molar-refractivity contribution in [3.05, 3.63) is 53.5 Å². The van der Waals surface area contributed by atoms with Gasteiger partial charge in [0.1, 0.15) is 16.5 Å². The quantitative estimate of drug-likeness (QED) is 0.770. The standard InChI is InChI=1S/C18H17NO3S/c1-21-14-7-3-12(4-8-14)17-18(23-16(11-20)19-17)13-5-9-15(22-2)10-6-13/h3-10,20H,11H2,1-2H3. The molecule has 118 valence electrons. The molecule has 1 N–H and O–H groups in total. The fourth-order valence-electron chi connectivity index (χ4n) is 2.31. The number of benzene rings is 2. The Labute approximate surface area is 139 Å². The first kappa shape index (κ1) is 15.5. The van der Waals surface area contributed by atoms with Crippen LogP contribution in [-0.4, -0.2) is 24.3 Å². The molecule has 0 aliphatic heterocycles. The molecule has 0 atom stereocenters. The van der Waals surface area contributed by atoms with Crippen molar-refractivity contribution in [1.82, 2.24) is 4.98 Å². The van der Waals surface area contributed by atoms with Crippen LogP contribution in [0, 0.1) is 0 Å². The van der Waals surface area contributed by atoms with Gasteiger partial charge in [-0.15, -0.1) is 11.3 Å². The van der Waals surface area contributed by atoms with Crippen molar-refractivity contribution in [2.75, 3.05) is 14.2 Å². The van der Waals surface area contributed by atoms with Gasteiger partial charge in [0.25, 0.3) is 0 Å². The summed E-state index contributed by atoms with van der Waals surface area (Å²) in [5, 5.41) is 10.1. The first-order valence-corrected chi connectivity index (χ1v) is 7.96. The van der Waals surface area contributed by atoms with Gasteiger partial charge < -0.3 is 14.6 Å². The highest BCUT2D eigenvalue weighted by molar-refractivity contribution is 7.15. The van der Waals surface area contributed by atoms with E-state index < -0.39 is 0 Å². The van der Waals surface area contributed by atoms with Crippen molar-refractivity contribution < 1.29 is 14.6 Å². The molecule has 0 amide bonds. The highest BCUT2D eigenvalue weighted by Gasteiger charge is 2.15. The smallest absolute Gasteiger partial charge is 0.119 e. The number of aliphatic hydroxyl groups excluding tert-OH is 1. The molecule has 0 spiro atoms. The summed E-state index contributed by atoms with van der Waals surface area (Å²) in [5.74, 6) is 1.61. The molecule has 0 radical (unpaired) electrons. The molecule has 0 bridgehead atoms. The van der Waals surface area contributed by atoms with Gasteiger partial charge >= 0.3 is 0 Å². The highest BCUT2D eigenvalue weighted by atomic mass is 32.1. The van der Waals surface area contributed by atoms with Crippen LogP contribution in [0.25, 0.3) is 21.7 Å². The Morgan fingerprint density at radius 1 is 0.870 bits per heavy atom. The van der Waals surface area contributed by atoms with Gasteiger partial charge in [-0.3, -0.25) is 0 Å². The number of rotatable bonds is 5. The van der Waals surface area contributed by atoms with Gasteiger partial charge in [0.2, 0.25) is 0 Å². The summed E-state index contributed by atoms with van der Waals surface area (Å²) in [7, 11) is 3.29. The molecule has 0 fully saturated rings. The average molecular weight is 327 g/mol. The van der Waals surface area contributed by atoms with Gasteiger partial charge in [-0.05, 0) is 54.1 Å². The number of methoxy groups -OCH3 is 2. The lowest BCUT2D eigenvalue weighted by molar-refractivity contribution is 0.281. The monoisotopic (exact) mass is 327 g/mol. The zero-order valence-corrected chi connectivity index (χ0v) is 13.8. The largest absolute Gasteiger partial charge is 0.497 e. The minimum Gasteiger partial charge on any atom is -0.497 e. The Morgan fingerprint density at radius 2 is 1.39 bits per heavy atom. The molecular formula is C18H17NO3S. The molecule has 23 heavy (non-hydrogen) atoms. The summed E-state index contributed by atoms with van der Waals surface area (Å²) in [4.78, 5) is 5.60. The van der Waals surface area contributed by atoms with Gasteiger partial charge in [0.05, 0.1) is 31.4 Å². The lowest BCUT2D eigenvalue weighted by atomic mass is 10.1. The van der Waals surface area contributed by atoms with E-state index >= 15 is 0 Å². The lowest BCUT2D eigenvalue weighted by Crippen LogP contribution is -1.86. The van der Waals surface area contributed by atoms with Gasteiger partial charge in [-0.1, -0.05) is 0 Å². The van der Waals surface area contributed by atoms with E-state index in [9.17, 15) is 5.11 Å². The molecule has 4 nitrogen and oxygen atoms in total. The van der Waals surface area contributed by atoms with Crippen LogP contribution in [0.15, 0.2) is 48.5 Å². The van der Waals surface area contributed by atoms with E-state index in [2.05, 4.69) is 4.98 Å². The van der Waals surface area contributed by atoms with Crippen LogP contribution in [-0.2, 0) is 6.61 Å². The maximum atomic E-state index is 9.44. The van der Waals surface area contributed by atoms with E-state index in [0.29, 0.717) is 5.01 Å². The molecule has 0 aliphatic rings. The first-order chi connectivity index (χ1) is 11.2. The second-order valence-electron chi connectivity index (χ2n) is 4.90. The lowest BCUT2D eigenvalue weighted by Gasteiger charge is -2.05. The predicted molar refractivity (Wildman–Crippen MR) is 92.0 cm³/mol. The molecular weight excluding hydrogens is 310 g/mol. The summed E-state index contributed by atoms with van der Waals surface area (Å²) in [6.07, 6.45) is 0. The van der Waals surface area contributed by atoms with E-state index in [1.165, 1.54) is 11.3 Å². The number of hydrogen-bond acceptors (Lipinski definition) is 5. The SMILES string of the molecule is COc1ccc(-c2nc(CO)sc2-c2ccc(OC)cc2)cc1. The van der Waals surface area contributed by atoms with Crippen molar-refractivity contribution in [3.63, 3.8) is 0 Å². The Hall–Kier alpha value is -2.37. The normalized spacial score (nSPS) is 10.6. The molecule has 3 aromatic rings. The number of aromatic nitrogens is 1. The molecule has 1 aromatic heterocycles. The first-order valence-electron chi connectivity index (χ1n) is 7.14. The third kappa shape index (κ3) is 3.21. The molecule has 1 heterocycles. The predicted octanol–water partition coefficient (Wildman–Crippen LogP) is 3.99. The third-order valence-corrected chi connectivity index (χ3v) is 4.61. The molecule has 0 saturated carbocycles. The van der Waals surface area contributed by atoms with Crippen LogP contribution in [0.5, 0.6) is 11.5 Å². The van der Waals surface area contributed by atoms with E-state index in [4.69, 9.17) is 9.47 Å². The van der Waals surface area contributed by atoms with Crippen LogP contribution in [0.4, 0.5) is 0 Å². The summed E-state index contributed by atoms with van der Waals surface area (Å²) < 4.78 is 10.4. The van der Waals surface area contributed by atoms with Gasteiger partial charge in [-0.2, -0.15) is 0 Å². The van der Waals surface area contributed by atoms with Gasteiger partial charge in [0.15, 0.2) is 0 Å². The summed E-state index contributed by atoms with van der Waals surface area (Å²) in [6, 6.07) is 15.6. The fourth-order valence-corrected chi connectivity index (χ4v) is 3.27. The minimum absolute atomic E-state index is 0.0655. The third-order valence-electron chi connectivity index (χ3n) is 3.52. The van der Waals surface area contributed by atoms with E-state index in [-0.39, 0.29) is 6.61 Å². The molecule has 2 aromatic carbocycles. The van der Waals surface area contributed by atoms with Crippen molar-refractivity contribution in [2.45, 2.75) is 6.61 Å². The van der Waals surface area contributed by atoms with Crippen LogP contribution < -0.4 is 9.47 Å². The highest BCUT2D eigenvalue weighted by Crippen LogP contribution is 2.37. The van der Waals surface area contributed by atoms with Gasteiger partial charge in [-0.25, -0.2) is 4.98 Å². The number of aliphatic hydroxyl groups is 1. The Kier molecular flexibility index (Phi) is 4.60. The second-order valence-corrected chi connectivity index (χ2v) is 5.98. The van der Waals surface area contributed by atoms with E-state index in [0.717, 1.165) is 33.2 Å². The molecule has 5 heteroatoms. The van der Waals surface area contributed by atoms with Crippen molar-refractivity contribution in [2.24, 2.45) is 0 Å². The van der Waals surface area contributed by atoms with E-state index in [1.54, 1.807) is 14.2 Å². The van der Waals surface area contributed by atoms with Crippen LogP contribution >= 0.6 is 11.3 Å². The van der Waals surface area contributed by atoms with Crippen molar-refractivity contribution >= 4 is 11.3 Å². The van der Waals surface area contributed by atoms with Crippen molar-refractivity contribution in [3.8, 4) is 33.2 Å². The van der Waals surface area contributed by atoms with Crippen LogP contribution in [0.2, 0.25) is 0 Å². The summed E-state index contributed by atoms with van der Waals surface area (Å²) >= 11 is 1.50. The number of nitrogens with zero attached hydrogens (tertiary/aromatic N) is 1. The van der Waals surface area contributed by atoms with Crippen LogP contribution in [0.1, 0.15) is 5.01 Å². The number of hydrogen-bond donors (Lipinski definition) is 1. The topological polar surface area (TPSA) is 51.6 Å². The average Bonchev–Trinajstić information content (AvgIpc) is 3.06. The van der Waals surface area contributed by atoms with Crippen LogP contribution in [0.3, 0.4) is 0 Å². The zero-order valence-electron chi connectivity index (χ0n) is 12.9.